The average Bonchev–Trinajstić information content (AvgIpc) is 2.82. The standard InChI is InChI=1S/C27H25N3O4S/c1-5-19(20-6-8-21(9-7-20)26(31)34-27(2,3)4)14-18-15-22(16-28)25(29-17-18)35-24-12-10-23(11-13-24)30(32)33/h6-15,17H,5H2,1-4H3. The minimum absolute atomic E-state index is 0.00882. The molecule has 0 aliphatic rings. The molecular formula is C27H25N3O4S. The van der Waals surface area contributed by atoms with Crippen molar-refractivity contribution < 1.29 is 14.5 Å². The molecule has 0 aliphatic heterocycles. The molecule has 0 radical (unpaired) electrons. The van der Waals surface area contributed by atoms with Crippen LogP contribution >= 0.6 is 11.8 Å². The minimum atomic E-state index is -0.557. The van der Waals surface area contributed by atoms with Crippen LogP contribution < -0.4 is 0 Å². The Balaban J connectivity index is 1.81. The minimum Gasteiger partial charge on any atom is -0.456 e. The summed E-state index contributed by atoms with van der Waals surface area (Å²) in [7, 11) is 0. The quantitative estimate of drug-likeness (QED) is 0.202. The number of benzene rings is 2. The van der Waals surface area contributed by atoms with Crippen LogP contribution in [0.3, 0.4) is 0 Å². The number of nitro groups is 1. The molecule has 7 nitrogen and oxygen atoms in total. The molecule has 178 valence electrons. The molecule has 0 aliphatic carbocycles. The molecule has 2 aromatic carbocycles. The van der Waals surface area contributed by atoms with E-state index in [1.165, 1.54) is 23.9 Å². The van der Waals surface area contributed by atoms with Crippen LogP contribution in [0.2, 0.25) is 0 Å². The van der Waals surface area contributed by atoms with Gasteiger partial charge in [0.1, 0.15) is 16.7 Å². The van der Waals surface area contributed by atoms with Crippen LogP contribution in [0.1, 0.15) is 61.2 Å². The topological polar surface area (TPSA) is 106 Å². The fourth-order valence-corrected chi connectivity index (χ4v) is 4.02. The predicted molar refractivity (Wildman–Crippen MR) is 136 cm³/mol. The van der Waals surface area contributed by atoms with Crippen molar-refractivity contribution in [3.8, 4) is 6.07 Å². The number of allylic oxidation sites excluding steroid dienone is 1. The van der Waals surface area contributed by atoms with Gasteiger partial charge >= 0.3 is 5.97 Å². The monoisotopic (exact) mass is 487 g/mol. The van der Waals surface area contributed by atoms with Gasteiger partial charge in [0.15, 0.2) is 0 Å². The van der Waals surface area contributed by atoms with Crippen molar-refractivity contribution in [3.05, 3.63) is 93.2 Å². The summed E-state index contributed by atoms with van der Waals surface area (Å²) in [5, 5.41) is 21.0. The number of carbonyl (C=O) groups excluding carboxylic acids is 1. The molecule has 8 heteroatoms. The normalized spacial score (nSPS) is 11.6. The summed E-state index contributed by atoms with van der Waals surface area (Å²) in [6, 6.07) is 17.3. The lowest BCUT2D eigenvalue weighted by Gasteiger charge is -2.19. The Bertz CT molecular complexity index is 1300. The molecule has 0 N–H and O–H groups in total. The third-order valence-corrected chi connectivity index (χ3v) is 5.89. The number of rotatable bonds is 7. The van der Waals surface area contributed by atoms with Gasteiger partial charge < -0.3 is 4.74 Å². The van der Waals surface area contributed by atoms with Gasteiger partial charge in [-0.25, -0.2) is 9.78 Å². The van der Waals surface area contributed by atoms with E-state index in [-0.39, 0.29) is 11.7 Å². The Hall–Kier alpha value is -3.96. The molecule has 0 bridgehead atoms. The number of nitrogens with zero attached hydrogens (tertiary/aromatic N) is 3. The number of hydrogen-bond acceptors (Lipinski definition) is 7. The molecule has 0 saturated heterocycles. The van der Waals surface area contributed by atoms with E-state index < -0.39 is 10.5 Å². The lowest BCUT2D eigenvalue weighted by atomic mass is 9.99. The largest absolute Gasteiger partial charge is 0.456 e. The van der Waals surface area contributed by atoms with Gasteiger partial charge in [0, 0.05) is 23.2 Å². The average molecular weight is 488 g/mol. The number of nitriles is 1. The Kier molecular flexibility index (Phi) is 8.05. The van der Waals surface area contributed by atoms with Crippen molar-refractivity contribution in [1.82, 2.24) is 4.98 Å². The maximum absolute atomic E-state index is 12.3. The van der Waals surface area contributed by atoms with E-state index in [1.54, 1.807) is 36.5 Å². The molecule has 1 heterocycles. The molecule has 0 spiro atoms. The van der Waals surface area contributed by atoms with Crippen LogP contribution in [0.4, 0.5) is 5.69 Å². The smallest absolute Gasteiger partial charge is 0.338 e. The lowest BCUT2D eigenvalue weighted by molar-refractivity contribution is -0.384. The number of carbonyl (C=O) groups is 1. The summed E-state index contributed by atoms with van der Waals surface area (Å²) in [5.41, 5.74) is 3.12. The number of nitro benzene ring substituents is 1. The molecular weight excluding hydrogens is 462 g/mol. The third kappa shape index (κ3) is 7.01. The van der Waals surface area contributed by atoms with E-state index in [9.17, 15) is 20.2 Å². The van der Waals surface area contributed by atoms with Crippen LogP contribution in [-0.4, -0.2) is 21.5 Å². The molecule has 0 unspecified atom stereocenters. The van der Waals surface area contributed by atoms with E-state index in [4.69, 9.17) is 4.74 Å². The summed E-state index contributed by atoms with van der Waals surface area (Å²) in [4.78, 5) is 27.9. The van der Waals surface area contributed by atoms with Gasteiger partial charge in [-0.1, -0.05) is 30.8 Å². The van der Waals surface area contributed by atoms with Crippen molar-refractivity contribution in [2.24, 2.45) is 0 Å². The van der Waals surface area contributed by atoms with Crippen molar-refractivity contribution >= 4 is 35.1 Å². The Morgan fingerprint density at radius 2 is 1.77 bits per heavy atom. The number of esters is 1. The van der Waals surface area contributed by atoms with E-state index in [0.717, 1.165) is 28.0 Å². The first kappa shape index (κ1) is 25.7. The number of hydrogen-bond donors (Lipinski definition) is 0. The summed E-state index contributed by atoms with van der Waals surface area (Å²) >= 11 is 1.28. The second-order valence-corrected chi connectivity index (χ2v) is 9.75. The highest BCUT2D eigenvalue weighted by Crippen LogP contribution is 2.31. The fourth-order valence-electron chi connectivity index (χ4n) is 3.20. The van der Waals surface area contributed by atoms with E-state index in [1.807, 2.05) is 45.9 Å². The second-order valence-electron chi connectivity index (χ2n) is 8.69. The second kappa shape index (κ2) is 11.0. The Morgan fingerprint density at radius 3 is 2.31 bits per heavy atom. The summed E-state index contributed by atoms with van der Waals surface area (Å²) in [6.07, 6.45) is 4.41. The van der Waals surface area contributed by atoms with Crippen LogP contribution in [0, 0.1) is 21.4 Å². The number of aromatic nitrogens is 1. The molecule has 0 fully saturated rings. The van der Waals surface area contributed by atoms with Gasteiger partial charge in [-0.15, -0.1) is 0 Å². The summed E-state index contributed by atoms with van der Waals surface area (Å²) < 4.78 is 5.42. The molecule has 3 aromatic rings. The van der Waals surface area contributed by atoms with E-state index in [0.29, 0.717) is 16.2 Å². The first-order valence-corrected chi connectivity index (χ1v) is 11.8. The zero-order valence-electron chi connectivity index (χ0n) is 19.9. The van der Waals surface area contributed by atoms with Gasteiger partial charge in [0.25, 0.3) is 5.69 Å². The number of ether oxygens (including phenoxy) is 1. The van der Waals surface area contributed by atoms with Crippen LogP contribution in [0.25, 0.3) is 11.6 Å². The van der Waals surface area contributed by atoms with Gasteiger partial charge in [0.05, 0.1) is 16.1 Å². The van der Waals surface area contributed by atoms with Gasteiger partial charge in [-0.2, -0.15) is 5.26 Å². The molecule has 3 rings (SSSR count). The SMILES string of the molecule is CCC(=Cc1cnc(Sc2ccc([N+](=O)[O-])cc2)c(C#N)c1)c1ccc(C(=O)OC(C)(C)C)cc1. The molecule has 0 saturated carbocycles. The highest BCUT2D eigenvalue weighted by Gasteiger charge is 2.18. The van der Waals surface area contributed by atoms with Gasteiger partial charge in [0.2, 0.25) is 0 Å². The molecule has 1 aromatic heterocycles. The Labute approximate surface area is 208 Å². The summed E-state index contributed by atoms with van der Waals surface area (Å²) in [5.74, 6) is -0.366. The van der Waals surface area contributed by atoms with Gasteiger partial charge in [-0.05, 0) is 80.3 Å². The predicted octanol–water partition coefficient (Wildman–Crippen LogP) is 6.92. The maximum atomic E-state index is 12.3. The van der Waals surface area contributed by atoms with Crippen molar-refractivity contribution in [1.29, 1.82) is 5.26 Å². The zero-order valence-corrected chi connectivity index (χ0v) is 20.8. The van der Waals surface area contributed by atoms with Crippen molar-refractivity contribution in [2.45, 2.75) is 49.6 Å². The molecule has 0 amide bonds. The molecule has 35 heavy (non-hydrogen) atoms. The number of non-ortho nitro benzene ring substituents is 1. The third-order valence-electron chi connectivity index (χ3n) is 4.87. The van der Waals surface area contributed by atoms with Gasteiger partial charge in [-0.3, -0.25) is 10.1 Å². The zero-order chi connectivity index (χ0) is 25.6. The van der Waals surface area contributed by atoms with Crippen molar-refractivity contribution in [3.63, 3.8) is 0 Å². The van der Waals surface area contributed by atoms with Crippen LogP contribution in [0.5, 0.6) is 0 Å². The van der Waals surface area contributed by atoms with Crippen molar-refractivity contribution in [2.75, 3.05) is 0 Å². The highest BCUT2D eigenvalue weighted by atomic mass is 32.2. The van der Waals surface area contributed by atoms with E-state index >= 15 is 0 Å². The first-order valence-electron chi connectivity index (χ1n) is 11.0. The Morgan fingerprint density at radius 1 is 1.14 bits per heavy atom. The van der Waals surface area contributed by atoms with Crippen LogP contribution in [-0.2, 0) is 4.74 Å². The lowest BCUT2D eigenvalue weighted by Crippen LogP contribution is -2.23. The van der Waals surface area contributed by atoms with E-state index in [2.05, 4.69) is 11.1 Å². The maximum Gasteiger partial charge on any atom is 0.338 e. The summed E-state index contributed by atoms with van der Waals surface area (Å²) in [6.45, 7) is 7.52. The fraction of sp³-hybridized carbons (Fsp3) is 0.222. The first-order chi connectivity index (χ1) is 16.6. The number of pyridine rings is 1. The molecule has 0 atom stereocenters. The van der Waals surface area contributed by atoms with Crippen LogP contribution in [0.15, 0.2) is 70.7 Å². The highest BCUT2D eigenvalue weighted by molar-refractivity contribution is 7.99.